The molecule has 0 aliphatic carbocycles. The summed E-state index contributed by atoms with van der Waals surface area (Å²) in [6, 6.07) is 4.86. The molecule has 1 saturated heterocycles. The average Bonchev–Trinajstić information content (AvgIpc) is 2.82. The molecule has 2 heterocycles. The number of rotatable bonds is 11. The van der Waals surface area contributed by atoms with Crippen LogP contribution in [0.4, 0.5) is 0 Å². The number of aromatic nitrogens is 2. The van der Waals surface area contributed by atoms with Gasteiger partial charge in [0.25, 0.3) is 5.56 Å². The van der Waals surface area contributed by atoms with Gasteiger partial charge in [0.05, 0.1) is 36.0 Å². The van der Waals surface area contributed by atoms with E-state index in [1.54, 1.807) is 6.07 Å². The highest BCUT2D eigenvalue weighted by Gasteiger charge is 2.21. The number of morpholine rings is 1. The molecule has 0 amide bonds. The summed E-state index contributed by atoms with van der Waals surface area (Å²) in [5, 5.41) is 3.36. The molecule has 188 valence electrons. The van der Waals surface area contributed by atoms with E-state index in [2.05, 4.69) is 35.9 Å². The lowest BCUT2D eigenvalue weighted by molar-refractivity contribution is 0.0737. The maximum absolute atomic E-state index is 13.0. The number of nitrogens with one attached hydrogen (secondary N) is 3. The van der Waals surface area contributed by atoms with Gasteiger partial charge in [-0.15, -0.1) is 0 Å². The average molecular weight is 558 g/mol. The summed E-state index contributed by atoms with van der Waals surface area (Å²) in [5.41, 5.74) is 0.681. The summed E-state index contributed by atoms with van der Waals surface area (Å²) in [5.74, 6) is 0.723. The molecule has 34 heavy (non-hydrogen) atoms. The van der Waals surface area contributed by atoms with Gasteiger partial charge in [-0.2, -0.15) is 0 Å². The van der Waals surface area contributed by atoms with Crippen molar-refractivity contribution in [1.82, 2.24) is 20.0 Å². The topological polar surface area (TPSA) is 122 Å². The van der Waals surface area contributed by atoms with Crippen LogP contribution in [-0.2, 0) is 14.8 Å². The molecule has 1 aliphatic rings. The largest absolute Gasteiger partial charge is 0.493 e. The quantitative estimate of drug-likeness (QED) is 0.363. The molecule has 2 aromatic rings. The van der Waals surface area contributed by atoms with Crippen LogP contribution in [0.25, 0.3) is 11.4 Å². The van der Waals surface area contributed by atoms with Crippen molar-refractivity contribution in [2.24, 2.45) is 0 Å². The van der Waals surface area contributed by atoms with Gasteiger partial charge in [-0.1, -0.05) is 20.8 Å². The first kappa shape index (κ1) is 26.8. The monoisotopic (exact) mass is 556 g/mol. The number of benzene rings is 1. The van der Waals surface area contributed by atoms with Gasteiger partial charge in [-0.3, -0.25) is 4.79 Å². The van der Waals surface area contributed by atoms with Gasteiger partial charge in [0.2, 0.25) is 10.0 Å². The summed E-state index contributed by atoms with van der Waals surface area (Å²) in [4.78, 5) is 20.0. The third-order valence-electron chi connectivity index (χ3n) is 5.43. The summed E-state index contributed by atoms with van der Waals surface area (Å²) < 4.78 is 40.3. The predicted octanol–water partition coefficient (Wildman–Crippen LogP) is 3.16. The number of nitrogens with zero attached hydrogens (tertiary/aromatic N) is 1. The second-order valence-corrected chi connectivity index (χ2v) is 11.1. The highest BCUT2D eigenvalue weighted by molar-refractivity contribution is 9.10. The maximum Gasteiger partial charge on any atom is 0.265 e. The first-order valence-electron chi connectivity index (χ1n) is 11.6. The molecule has 1 unspecified atom stereocenters. The lowest BCUT2D eigenvalue weighted by atomic mass is 10.1. The summed E-state index contributed by atoms with van der Waals surface area (Å²) in [6.07, 6.45) is 2.28. The Labute approximate surface area is 209 Å². The van der Waals surface area contributed by atoms with Crippen LogP contribution in [0.15, 0.2) is 32.4 Å². The molecule has 3 rings (SSSR count). The minimum atomic E-state index is -3.76. The van der Waals surface area contributed by atoms with Crippen LogP contribution < -0.4 is 20.3 Å². The number of aromatic amines is 1. The van der Waals surface area contributed by atoms with E-state index in [1.165, 1.54) is 12.1 Å². The molecule has 1 fully saturated rings. The van der Waals surface area contributed by atoms with E-state index < -0.39 is 10.0 Å². The van der Waals surface area contributed by atoms with Crippen molar-refractivity contribution < 1.29 is 17.9 Å². The zero-order valence-corrected chi connectivity index (χ0v) is 22.2. The van der Waals surface area contributed by atoms with Gasteiger partial charge >= 0.3 is 0 Å². The fourth-order valence-corrected chi connectivity index (χ4v) is 5.37. The molecule has 9 nitrogen and oxygen atoms in total. The van der Waals surface area contributed by atoms with Crippen molar-refractivity contribution >= 4 is 26.0 Å². The van der Waals surface area contributed by atoms with Crippen molar-refractivity contribution in [2.45, 2.75) is 56.9 Å². The minimum absolute atomic E-state index is 0.00642. The highest BCUT2D eigenvalue weighted by atomic mass is 79.9. The van der Waals surface area contributed by atoms with Crippen LogP contribution in [-0.4, -0.2) is 57.3 Å². The Morgan fingerprint density at radius 1 is 1.35 bits per heavy atom. The predicted molar refractivity (Wildman–Crippen MR) is 135 cm³/mol. The Bertz CT molecular complexity index is 1130. The molecular weight excluding hydrogens is 524 g/mol. The molecule has 1 aromatic heterocycles. The van der Waals surface area contributed by atoms with E-state index in [1.807, 2.05) is 20.8 Å². The standard InChI is InChI=1S/C23H33BrN4O5S/c1-4-11-33-19-8-7-17(34(30,31)26-9-5-6-16-14-32-12-10-25-16)13-18(19)22-27-21(15(2)3)20(24)23(29)28-22/h7-8,13,15-16,25-26H,4-6,9-12,14H2,1-3H3,(H,27,28,29). The lowest BCUT2D eigenvalue weighted by Gasteiger charge is -2.23. The lowest BCUT2D eigenvalue weighted by Crippen LogP contribution is -2.41. The Balaban J connectivity index is 1.85. The van der Waals surface area contributed by atoms with E-state index in [0.717, 1.165) is 19.4 Å². The van der Waals surface area contributed by atoms with E-state index in [0.29, 0.717) is 54.3 Å². The minimum Gasteiger partial charge on any atom is -0.493 e. The second-order valence-electron chi connectivity index (χ2n) is 8.54. The molecule has 1 aliphatic heterocycles. The molecular formula is C23H33BrN4O5S. The van der Waals surface area contributed by atoms with Crippen molar-refractivity contribution in [3.05, 3.63) is 38.7 Å². The van der Waals surface area contributed by atoms with Crippen molar-refractivity contribution in [3.63, 3.8) is 0 Å². The van der Waals surface area contributed by atoms with Crippen LogP contribution in [0.5, 0.6) is 5.75 Å². The van der Waals surface area contributed by atoms with Crippen molar-refractivity contribution in [2.75, 3.05) is 32.9 Å². The SMILES string of the molecule is CCCOc1ccc(S(=O)(=O)NCCCC2COCCN2)cc1-c1nc(C(C)C)c(Br)c(=O)[nH]1. The third kappa shape index (κ3) is 6.88. The third-order valence-corrected chi connectivity index (χ3v) is 7.66. The number of hydrogen-bond donors (Lipinski definition) is 3. The molecule has 0 bridgehead atoms. The highest BCUT2D eigenvalue weighted by Crippen LogP contribution is 2.32. The second kappa shape index (κ2) is 12.3. The Morgan fingerprint density at radius 2 is 2.15 bits per heavy atom. The van der Waals surface area contributed by atoms with Crippen LogP contribution in [0.3, 0.4) is 0 Å². The zero-order chi connectivity index (χ0) is 24.7. The van der Waals surface area contributed by atoms with Crippen LogP contribution in [0.1, 0.15) is 51.6 Å². The van der Waals surface area contributed by atoms with Gasteiger partial charge in [-0.25, -0.2) is 18.1 Å². The van der Waals surface area contributed by atoms with Gasteiger partial charge in [0, 0.05) is 19.1 Å². The first-order valence-corrected chi connectivity index (χ1v) is 13.9. The fraction of sp³-hybridized carbons (Fsp3) is 0.565. The first-order chi connectivity index (χ1) is 16.2. The normalized spacial score (nSPS) is 16.7. The van der Waals surface area contributed by atoms with Gasteiger partial charge in [-0.05, 0) is 59.3 Å². The molecule has 0 spiro atoms. The number of hydrogen-bond acceptors (Lipinski definition) is 7. The fourth-order valence-electron chi connectivity index (χ4n) is 3.63. The number of sulfonamides is 1. The summed E-state index contributed by atoms with van der Waals surface area (Å²) in [7, 11) is -3.76. The van der Waals surface area contributed by atoms with Gasteiger partial charge in [0.1, 0.15) is 16.0 Å². The molecule has 3 N–H and O–H groups in total. The number of ether oxygens (including phenoxy) is 2. The Hall–Kier alpha value is -1.79. The van der Waals surface area contributed by atoms with E-state index in [9.17, 15) is 13.2 Å². The molecule has 0 radical (unpaired) electrons. The van der Waals surface area contributed by atoms with E-state index >= 15 is 0 Å². The van der Waals surface area contributed by atoms with E-state index in [-0.39, 0.29) is 28.2 Å². The molecule has 1 atom stereocenters. The van der Waals surface area contributed by atoms with Crippen LogP contribution in [0.2, 0.25) is 0 Å². The summed E-state index contributed by atoms with van der Waals surface area (Å²) >= 11 is 3.30. The Morgan fingerprint density at radius 3 is 2.82 bits per heavy atom. The van der Waals surface area contributed by atoms with Crippen LogP contribution in [0, 0.1) is 0 Å². The molecule has 11 heteroatoms. The maximum atomic E-state index is 13.0. The molecule has 0 saturated carbocycles. The Kier molecular flexibility index (Phi) is 9.66. The van der Waals surface area contributed by atoms with E-state index in [4.69, 9.17) is 9.47 Å². The smallest absolute Gasteiger partial charge is 0.265 e. The number of H-pyrrole nitrogens is 1. The van der Waals surface area contributed by atoms with Crippen molar-refractivity contribution in [3.8, 4) is 17.1 Å². The summed E-state index contributed by atoms with van der Waals surface area (Å²) in [6.45, 7) is 8.79. The number of halogens is 1. The zero-order valence-electron chi connectivity index (χ0n) is 19.8. The van der Waals surface area contributed by atoms with Gasteiger partial charge in [0.15, 0.2) is 0 Å². The van der Waals surface area contributed by atoms with Gasteiger partial charge < -0.3 is 19.8 Å². The molecule has 1 aromatic carbocycles. The van der Waals surface area contributed by atoms with Crippen molar-refractivity contribution in [1.29, 1.82) is 0 Å². The van der Waals surface area contributed by atoms with Crippen LogP contribution >= 0.6 is 15.9 Å².